The van der Waals surface area contributed by atoms with E-state index in [1.54, 1.807) is 6.26 Å². The van der Waals surface area contributed by atoms with Crippen LogP contribution in [0.2, 0.25) is 0 Å². The minimum Gasteiger partial charge on any atom is -0.468 e. The summed E-state index contributed by atoms with van der Waals surface area (Å²) < 4.78 is 11.2. The third-order valence-corrected chi connectivity index (χ3v) is 4.67. The standard InChI is InChI=1S/C17H28N4O2/c18-17(19-12-14-6-4-10-22-14)20-13-15(16-7-5-11-23-16)21-8-2-1-3-9-21/h5,7,11,14-15H,1-4,6,8-10,12-13H2,(H3,18,19,20). The number of furan rings is 1. The fraction of sp³-hybridized carbons (Fsp3) is 0.706. The highest BCUT2D eigenvalue weighted by molar-refractivity contribution is 5.77. The van der Waals surface area contributed by atoms with E-state index >= 15 is 0 Å². The maximum Gasteiger partial charge on any atom is 0.188 e. The van der Waals surface area contributed by atoms with Crippen LogP contribution in [-0.4, -0.2) is 49.7 Å². The monoisotopic (exact) mass is 320 g/mol. The predicted molar refractivity (Wildman–Crippen MR) is 90.3 cm³/mol. The molecule has 2 fully saturated rings. The van der Waals surface area contributed by atoms with Crippen LogP contribution in [0.4, 0.5) is 0 Å². The van der Waals surface area contributed by atoms with Crippen molar-refractivity contribution in [2.75, 3.05) is 32.8 Å². The quantitative estimate of drug-likeness (QED) is 0.618. The number of aliphatic imine (C=N–C) groups is 1. The number of nitrogens with zero attached hydrogens (tertiary/aromatic N) is 2. The van der Waals surface area contributed by atoms with Crippen LogP contribution >= 0.6 is 0 Å². The van der Waals surface area contributed by atoms with Crippen LogP contribution in [-0.2, 0) is 4.74 Å². The zero-order valence-corrected chi connectivity index (χ0v) is 13.7. The van der Waals surface area contributed by atoms with Crippen molar-refractivity contribution in [1.29, 1.82) is 0 Å². The molecule has 1 aromatic rings. The smallest absolute Gasteiger partial charge is 0.188 e. The average molecular weight is 320 g/mol. The van der Waals surface area contributed by atoms with Gasteiger partial charge in [-0.15, -0.1) is 0 Å². The number of guanidine groups is 1. The molecule has 128 valence electrons. The summed E-state index contributed by atoms with van der Waals surface area (Å²) in [6, 6.07) is 4.15. The lowest BCUT2D eigenvalue weighted by Gasteiger charge is -2.32. The van der Waals surface area contributed by atoms with Gasteiger partial charge in [0.1, 0.15) is 5.76 Å². The summed E-state index contributed by atoms with van der Waals surface area (Å²) in [7, 11) is 0. The highest BCUT2D eigenvalue weighted by Crippen LogP contribution is 2.25. The Kier molecular flexibility index (Phi) is 5.93. The van der Waals surface area contributed by atoms with Gasteiger partial charge >= 0.3 is 0 Å². The highest BCUT2D eigenvalue weighted by atomic mass is 16.5. The third kappa shape index (κ3) is 4.72. The van der Waals surface area contributed by atoms with Crippen molar-refractivity contribution in [1.82, 2.24) is 10.2 Å². The molecule has 0 amide bonds. The van der Waals surface area contributed by atoms with Crippen LogP contribution in [0.15, 0.2) is 27.8 Å². The Bertz CT molecular complexity index is 477. The van der Waals surface area contributed by atoms with Gasteiger partial charge in [-0.2, -0.15) is 0 Å². The largest absolute Gasteiger partial charge is 0.468 e. The molecule has 6 heteroatoms. The highest BCUT2D eigenvalue weighted by Gasteiger charge is 2.24. The number of likely N-dealkylation sites (tertiary alicyclic amines) is 1. The Morgan fingerprint density at radius 1 is 1.35 bits per heavy atom. The van der Waals surface area contributed by atoms with Gasteiger partial charge in [0.2, 0.25) is 0 Å². The molecule has 3 rings (SSSR count). The molecule has 3 heterocycles. The van der Waals surface area contributed by atoms with Gasteiger partial charge in [-0.3, -0.25) is 9.89 Å². The van der Waals surface area contributed by atoms with E-state index in [0.717, 1.165) is 44.8 Å². The molecule has 0 spiro atoms. The van der Waals surface area contributed by atoms with Crippen molar-refractivity contribution >= 4 is 5.96 Å². The topological polar surface area (TPSA) is 76.0 Å². The lowest BCUT2D eigenvalue weighted by Crippen LogP contribution is -2.39. The lowest BCUT2D eigenvalue weighted by atomic mass is 10.1. The van der Waals surface area contributed by atoms with Crippen LogP contribution in [0.5, 0.6) is 0 Å². The number of ether oxygens (including phenoxy) is 1. The van der Waals surface area contributed by atoms with E-state index < -0.39 is 0 Å². The van der Waals surface area contributed by atoms with Crippen molar-refractivity contribution < 1.29 is 9.15 Å². The third-order valence-electron chi connectivity index (χ3n) is 4.67. The lowest BCUT2D eigenvalue weighted by molar-refractivity contribution is 0.114. The number of nitrogens with one attached hydrogen (secondary N) is 1. The van der Waals surface area contributed by atoms with Gasteiger partial charge in [-0.05, 0) is 50.9 Å². The van der Waals surface area contributed by atoms with E-state index in [9.17, 15) is 0 Å². The van der Waals surface area contributed by atoms with Crippen LogP contribution in [0.25, 0.3) is 0 Å². The van der Waals surface area contributed by atoms with Crippen LogP contribution in [0, 0.1) is 0 Å². The summed E-state index contributed by atoms with van der Waals surface area (Å²) in [5.74, 6) is 1.47. The number of rotatable bonds is 6. The van der Waals surface area contributed by atoms with Crippen molar-refractivity contribution in [3.05, 3.63) is 24.2 Å². The first kappa shape index (κ1) is 16.3. The van der Waals surface area contributed by atoms with Crippen molar-refractivity contribution in [2.24, 2.45) is 10.7 Å². The van der Waals surface area contributed by atoms with Gasteiger partial charge in [-0.1, -0.05) is 6.42 Å². The first-order valence-corrected chi connectivity index (χ1v) is 8.76. The number of hydrogen-bond donors (Lipinski definition) is 2. The molecule has 3 N–H and O–H groups in total. The minimum absolute atomic E-state index is 0.174. The molecule has 0 aromatic carbocycles. The van der Waals surface area contributed by atoms with Crippen molar-refractivity contribution in [3.63, 3.8) is 0 Å². The summed E-state index contributed by atoms with van der Waals surface area (Å²) >= 11 is 0. The maximum atomic E-state index is 6.02. The Labute approximate surface area is 138 Å². The second-order valence-corrected chi connectivity index (χ2v) is 6.37. The minimum atomic E-state index is 0.174. The molecular formula is C17H28N4O2. The van der Waals surface area contributed by atoms with Crippen molar-refractivity contribution in [3.8, 4) is 0 Å². The molecule has 0 bridgehead atoms. The van der Waals surface area contributed by atoms with E-state index in [0.29, 0.717) is 12.5 Å². The average Bonchev–Trinajstić information content (AvgIpc) is 3.28. The normalized spacial score (nSPS) is 24.7. The Morgan fingerprint density at radius 3 is 2.91 bits per heavy atom. The molecule has 2 aliphatic rings. The van der Waals surface area contributed by atoms with Gasteiger partial charge in [0.05, 0.1) is 25.0 Å². The van der Waals surface area contributed by atoms with E-state index in [1.807, 2.05) is 12.1 Å². The Balaban J connectivity index is 1.55. The van der Waals surface area contributed by atoms with Gasteiger partial charge in [0, 0.05) is 13.2 Å². The zero-order chi connectivity index (χ0) is 15.9. The molecule has 23 heavy (non-hydrogen) atoms. The first-order valence-electron chi connectivity index (χ1n) is 8.76. The SMILES string of the molecule is NC(=NCC(c1ccco1)N1CCCCC1)NCC1CCCO1. The molecule has 2 atom stereocenters. The summed E-state index contributed by atoms with van der Waals surface area (Å²) in [6.45, 7) is 4.43. The summed E-state index contributed by atoms with van der Waals surface area (Å²) in [4.78, 5) is 7.00. The molecule has 2 aliphatic heterocycles. The number of nitrogens with two attached hydrogens (primary N) is 1. The Morgan fingerprint density at radius 2 is 2.22 bits per heavy atom. The van der Waals surface area contributed by atoms with Gasteiger partial charge in [-0.25, -0.2) is 0 Å². The molecule has 0 aliphatic carbocycles. The van der Waals surface area contributed by atoms with Crippen LogP contribution < -0.4 is 11.1 Å². The van der Waals surface area contributed by atoms with E-state index in [2.05, 4.69) is 15.2 Å². The fourth-order valence-corrected chi connectivity index (χ4v) is 3.36. The summed E-state index contributed by atoms with van der Waals surface area (Å²) in [6.07, 6.45) is 8.04. The molecular weight excluding hydrogens is 292 g/mol. The van der Waals surface area contributed by atoms with Gasteiger partial charge in [0.25, 0.3) is 0 Å². The molecule has 2 unspecified atom stereocenters. The van der Waals surface area contributed by atoms with E-state index in [1.165, 1.54) is 19.3 Å². The maximum absolute atomic E-state index is 6.02. The Hall–Kier alpha value is -1.53. The summed E-state index contributed by atoms with van der Waals surface area (Å²) in [5, 5.41) is 3.18. The predicted octanol–water partition coefficient (Wildman–Crippen LogP) is 1.89. The first-order chi connectivity index (χ1) is 11.3. The van der Waals surface area contributed by atoms with Gasteiger partial charge < -0.3 is 20.2 Å². The molecule has 0 saturated carbocycles. The molecule has 2 saturated heterocycles. The summed E-state index contributed by atoms with van der Waals surface area (Å²) in [5.41, 5.74) is 6.02. The van der Waals surface area contributed by atoms with Gasteiger partial charge in [0.15, 0.2) is 5.96 Å². The van der Waals surface area contributed by atoms with E-state index in [4.69, 9.17) is 14.9 Å². The second kappa shape index (κ2) is 8.36. The van der Waals surface area contributed by atoms with Crippen molar-refractivity contribution in [2.45, 2.75) is 44.2 Å². The van der Waals surface area contributed by atoms with Crippen LogP contribution in [0.3, 0.4) is 0 Å². The molecule has 6 nitrogen and oxygen atoms in total. The van der Waals surface area contributed by atoms with E-state index in [-0.39, 0.29) is 12.1 Å². The number of piperidine rings is 1. The molecule has 1 aromatic heterocycles. The van der Waals surface area contributed by atoms with Crippen LogP contribution in [0.1, 0.15) is 43.9 Å². The second-order valence-electron chi connectivity index (χ2n) is 6.37. The molecule has 0 radical (unpaired) electrons. The fourth-order valence-electron chi connectivity index (χ4n) is 3.36. The number of hydrogen-bond acceptors (Lipinski definition) is 4. The zero-order valence-electron chi connectivity index (χ0n) is 13.7.